The van der Waals surface area contributed by atoms with Gasteiger partial charge in [0.2, 0.25) is 5.91 Å². The number of hydrogen-bond donors (Lipinski definition) is 1. The van der Waals surface area contributed by atoms with Gasteiger partial charge in [-0.05, 0) is 68.7 Å². The van der Waals surface area contributed by atoms with Crippen molar-refractivity contribution in [2.75, 3.05) is 13.6 Å². The maximum absolute atomic E-state index is 13.3. The van der Waals surface area contributed by atoms with Crippen LogP contribution in [0.4, 0.5) is 0 Å². The number of nitrogens with zero attached hydrogens (tertiary/aromatic N) is 1. The van der Waals surface area contributed by atoms with Crippen LogP contribution in [-0.2, 0) is 29.0 Å². The first kappa shape index (κ1) is 26.1. The Hall–Kier alpha value is -2.95. The number of benzene rings is 3. The molecule has 2 unspecified atom stereocenters. The predicted octanol–water partition coefficient (Wildman–Crippen LogP) is 5.81. The lowest BCUT2D eigenvalue weighted by Gasteiger charge is -2.24. The Morgan fingerprint density at radius 2 is 1.33 bits per heavy atom. The summed E-state index contributed by atoms with van der Waals surface area (Å²) in [6.07, 6.45) is 7.07. The van der Waals surface area contributed by atoms with Crippen molar-refractivity contribution >= 4 is 5.91 Å². The molecule has 0 saturated carbocycles. The summed E-state index contributed by atoms with van der Waals surface area (Å²) in [6.45, 7) is 1.38. The summed E-state index contributed by atoms with van der Waals surface area (Å²) >= 11 is 0. The second kappa shape index (κ2) is 14.0. The second-order valence-corrected chi connectivity index (χ2v) is 10.1. The van der Waals surface area contributed by atoms with Crippen molar-refractivity contribution in [1.82, 2.24) is 10.2 Å². The third kappa shape index (κ3) is 8.32. The topological polar surface area (TPSA) is 41.6 Å². The molecule has 0 bridgehead atoms. The van der Waals surface area contributed by atoms with Gasteiger partial charge in [0.25, 0.3) is 0 Å². The Bertz CT molecular complexity index is 980. The number of likely N-dealkylation sites (N-methyl/N-ethyl adjacent to an activating group) is 1. The van der Waals surface area contributed by atoms with Crippen molar-refractivity contribution < 1.29 is 9.53 Å². The van der Waals surface area contributed by atoms with Crippen LogP contribution in [0.25, 0.3) is 0 Å². The normalized spacial score (nSPS) is 17.9. The van der Waals surface area contributed by atoms with Crippen LogP contribution in [0.15, 0.2) is 91.0 Å². The molecule has 1 heterocycles. The molecule has 36 heavy (non-hydrogen) atoms. The summed E-state index contributed by atoms with van der Waals surface area (Å²) in [5.41, 5.74) is 3.89. The maximum atomic E-state index is 13.3. The van der Waals surface area contributed by atoms with E-state index >= 15 is 0 Å². The van der Waals surface area contributed by atoms with Crippen LogP contribution in [-0.4, -0.2) is 42.6 Å². The van der Waals surface area contributed by atoms with Crippen molar-refractivity contribution in [3.63, 3.8) is 0 Å². The van der Waals surface area contributed by atoms with E-state index in [1.54, 1.807) is 0 Å². The van der Waals surface area contributed by atoms with Gasteiger partial charge < -0.3 is 10.1 Å². The fraction of sp³-hybridized carbons (Fsp3) is 0.406. The minimum Gasteiger partial charge on any atom is -0.372 e. The van der Waals surface area contributed by atoms with Crippen LogP contribution in [0.2, 0.25) is 0 Å². The molecular weight excluding hydrogens is 444 g/mol. The average Bonchev–Trinajstić information content (AvgIpc) is 3.29. The summed E-state index contributed by atoms with van der Waals surface area (Å²) in [7, 11) is 2.04. The Labute approximate surface area is 216 Å². The van der Waals surface area contributed by atoms with Crippen LogP contribution in [0.1, 0.15) is 48.8 Å². The number of nitrogens with one attached hydrogen (secondary N) is 1. The number of carbonyl (C=O) groups excluding carboxylic acids is 1. The van der Waals surface area contributed by atoms with E-state index in [0.29, 0.717) is 6.61 Å². The molecule has 3 aromatic rings. The van der Waals surface area contributed by atoms with Crippen LogP contribution in [0.3, 0.4) is 0 Å². The third-order valence-electron chi connectivity index (χ3n) is 7.21. The van der Waals surface area contributed by atoms with Crippen molar-refractivity contribution in [3.8, 4) is 0 Å². The minimum atomic E-state index is -0.128. The number of carbonyl (C=O) groups is 1. The summed E-state index contributed by atoms with van der Waals surface area (Å²) in [4.78, 5) is 15.5. The van der Waals surface area contributed by atoms with E-state index in [9.17, 15) is 4.79 Å². The highest BCUT2D eigenvalue weighted by Crippen LogP contribution is 2.21. The van der Waals surface area contributed by atoms with Gasteiger partial charge in [0.05, 0.1) is 18.8 Å². The largest absolute Gasteiger partial charge is 0.372 e. The van der Waals surface area contributed by atoms with Crippen molar-refractivity contribution in [1.29, 1.82) is 0 Å². The van der Waals surface area contributed by atoms with Crippen LogP contribution < -0.4 is 5.32 Å². The van der Waals surface area contributed by atoms with Gasteiger partial charge in [-0.1, -0.05) is 91.0 Å². The Kier molecular flexibility index (Phi) is 10.1. The van der Waals surface area contributed by atoms with E-state index in [1.807, 2.05) is 25.2 Å². The van der Waals surface area contributed by atoms with Crippen molar-refractivity contribution in [3.05, 3.63) is 108 Å². The van der Waals surface area contributed by atoms with E-state index in [-0.39, 0.29) is 24.1 Å². The third-order valence-corrected chi connectivity index (χ3v) is 7.21. The molecule has 1 N–H and O–H groups in total. The highest BCUT2D eigenvalue weighted by molar-refractivity contribution is 5.82. The summed E-state index contributed by atoms with van der Waals surface area (Å²) in [5, 5.41) is 3.42. The molecule has 0 radical (unpaired) electrons. The molecule has 190 valence electrons. The molecule has 1 aliphatic rings. The van der Waals surface area contributed by atoms with Gasteiger partial charge in [0, 0.05) is 12.6 Å². The minimum absolute atomic E-state index is 0.0839. The molecule has 4 nitrogen and oxygen atoms in total. The standard InChI is InChI=1S/C32H40N2O2/c1-34-24-30(36-25-28-17-9-4-10-18-28)23-31(34)32(35)33-29(21-11-19-26-13-5-2-6-14-26)22-12-20-27-15-7-3-8-16-27/h2-10,13-18,29-31H,11-12,19-25H2,1H3,(H,33,35). The molecule has 4 heteroatoms. The van der Waals surface area contributed by atoms with Crippen LogP contribution >= 0.6 is 0 Å². The summed E-state index contributed by atoms with van der Waals surface area (Å²) in [5.74, 6) is 0.146. The molecule has 4 rings (SSSR count). The average molecular weight is 485 g/mol. The monoisotopic (exact) mass is 484 g/mol. The summed E-state index contributed by atoms with van der Waals surface area (Å²) < 4.78 is 6.15. The number of rotatable bonds is 13. The lowest BCUT2D eigenvalue weighted by molar-refractivity contribution is -0.126. The Balaban J connectivity index is 1.28. The number of hydrogen-bond acceptors (Lipinski definition) is 3. The van der Waals surface area contributed by atoms with E-state index in [1.165, 1.54) is 16.7 Å². The molecule has 0 spiro atoms. The van der Waals surface area contributed by atoms with Gasteiger partial charge in [-0.15, -0.1) is 0 Å². The molecule has 1 aliphatic heterocycles. The zero-order valence-electron chi connectivity index (χ0n) is 21.5. The maximum Gasteiger partial charge on any atom is 0.237 e. The molecule has 0 aliphatic carbocycles. The van der Waals surface area contributed by atoms with Gasteiger partial charge >= 0.3 is 0 Å². The fourth-order valence-electron chi connectivity index (χ4n) is 5.15. The SMILES string of the molecule is CN1CC(OCc2ccccc2)CC1C(=O)NC(CCCc1ccccc1)CCCc1ccccc1. The van der Waals surface area contributed by atoms with Gasteiger partial charge in [0.1, 0.15) is 0 Å². The van der Waals surface area contributed by atoms with E-state index in [2.05, 4.69) is 83.0 Å². The zero-order valence-corrected chi connectivity index (χ0v) is 21.5. The van der Waals surface area contributed by atoms with Gasteiger partial charge in [-0.25, -0.2) is 0 Å². The Morgan fingerprint density at radius 1 is 0.833 bits per heavy atom. The highest BCUT2D eigenvalue weighted by atomic mass is 16.5. The van der Waals surface area contributed by atoms with E-state index in [0.717, 1.165) is 51.5 Å². The lowest BCUT2D eigenvalue weighted by atomic mass is 9.98. The zero-order chi connectivity index (χ0) is 25.0. The smallest absolute Gasteiger partial charge is 0.237 e. The number of ether oxygens (including phenoxy) is 1. The van der Waals surface area contributed by atoms with Crippen molar-refractivity contribution in [2.45, 2.75) is 69.7 Å². The quantitative estimate of drug-likeness (QED) is 0.333. The lowest BCUT2D eigenvalue weighted by Crippen LogP contribution is -2.45. The van der Waals surface area contributed by atoms with E-state index in [4.69, 9.17) is 4.74 Å². The number of aryl methyl sites for hydroxylation is 2. The number of amides is 1. The van der Waals surface area contributed by atoms with Gasteiger partial charge in [0.15, 0.2) is 0 Å². The molecule has 1 amide bonds. The fourth-order valence-corrected chi connectivity index (χ4v) is 5.15. The molecule has 0 aromatic heterocycles. The first-order valence-electron chi connectivity index (χ1n) is 13.4. The van der Waals surface area contributed by atoms with Gasteiger partial charge in [-0.2, -0.15) is 0 Å². The second-order valence-electron chi connectivity index (χ2n) is 10.1. The first-order valence-corrected chi connectivity index (χ1v) is 13.4. The summed E-state index contributed by atoms with van der Waals surface area (Å²) in [6, 6.07) is 31.6. The highest BCUT2D eigenvalue weighted by Gasteiger charge is 2.35. The first-order chi connectivity index (χ1) is 17.7. The molecule has 1 fully saturated rings. The molecular formula is C32H40N2O2. The van der Waals surface area contributed by atoms with Crippen LogP contribution in [0, 0.1) is 0 Å². The molecule has 2 atom stereocenters. The van der Waals surface area contributed by atoms with Crippen LogP contribution in [0.5, 0.6) is 0 Å². The number of likely N-dealkylation sites (tertiary alicyclic amines) is 1. The van der Waals surface area contributed by atoms with E-state index < -0.39 is 0 Å². The Morgan fingerprint density at radius 3 is 1.86 bits per heavy atom. The molecule has 1 saturated heterocycles. The molecule has 3 aromatic carbocycles. The van der Waals surface area contributed by atoms with Crippen molar-refractivity contribution in [2.24, 2.45) is 0 Å². The van der Waals surface area contributed by atoms with Gasteiger partial charge in [-0.3, -0.25) is 9.69 Å². The predicted molar refractivity (Wildman–Crippen MR) is 147 cm³/mol.